The van der Waals surface area contributed by atoms with Crippen molar-refractivity contribution in [2.24, 2.45) is 16.5 Å². The van der Waals surface area contributed by atoms with Gasteiger partial charge < -0.3 is 16.3 Å². The van der Waals surface area contributed by atoms with Crippen molar-refractivity contribution < 1.29 is 4.79 Å². The van der Waals surface area contributed by atoms with Crippen LogP contribution in [-0.4, -0.2) is 19.5 Å². The highest BCUT2D eigenvalue weighted by Gasteiger charge is 2.05. The Kier molecular flexibility index (Phi) is 4.42. The van der Waals surface area contributed by atoms with Gasteiger partial charge in [-0.3, -0.25) is 4.99 Å². The molecule has 0 aliphatic rings. The van der Waals surface area contributed by atoms with Crippen LogP contribution in [0.2, 0.25) is 0 Å². The summed E-state index contributed by atoms with van der Waals surface area (Å²) in [5, 5.41) is 0. The van der Waals surface area contributed by atoms with Crippen molar-refractivity contribution in [3.8, 4) is 0 Å². The average molecular weight is 217 g/mol. The zero-order chi connectivity index (χ0) is 12.0. The molecule has 0 spiro atoms. The Labute approximate surface area is 94.7 Å². The smallest absolute Gasteiger partial charge is 0.141 e. The minimum absolute atomic E-state index is 0.600. The van der Waals surface area contributed by atoms with E-state index in [0.29, 0.717) is 6.29 Å². The Hall–Kier alpha value is -1.94. The molecule has 4 N–H and O–H groups in total. The van der Waals surface area contributed by atoms with Crippen molar-refractivity contribution >= 4 is 18.1 Å². The Morgan fingerprint density at radius 3 is 2.81 bits per heavy atom. The number of allylic oxidation sites excluding steroid dienone is 1. The molecule has 1 atom stereocenters. The van der Waals surface area contributed by atoms with Crippen LogP contribution in [0.1, 0.15) is 17.2 Å². The minimum atomic E-state index is -0.600. The van der Waals surface area contributed by atoms with E-state index in [1.54, 1.807) is 19.3 Å². The number of nitrogens with zero attached hydrogens (tertiary/aromatic N) is 1. The van der Waals surface area contributed by atoms with E-state index < -0.39 is 6.04 Å². The first kappa shape index (κ1) is 12.1. The standard InChI is InChI=1S/C12H15N3O/c1-15-7-11(6-13)9-3-2-4-10(5-9)12(14)8-16/h2-8,12H,13-14H2,1H3/b11-6+,15-7?. The van der Waals surface area contributed by atoms with Crippen molar-refractivity contribution in [2.45, 2.75) is 6.04 Å². The highest BCUT2D eigenvalue weighted by atomic mass is 16.1. The molecule has 4 heteroatoms. The molecule has 1 unspecified atom stereocenters. The first-order chi connectivity index (χ1) is 7.72. The topological polar surface area (TPSA) is 81.5 Å². The molecule has 0 aromatic heterocycles. The molecule has 1 aromatic rings. The van der Waals surface area contributed by atoms with Gasteiger partial charge in [0.15, 0.2) is 0 Å². The molecule has 4 nitrogen and oxygen atoms in total. The average Bonchev–Trinajstić information content (AvgIpc) is 2.35. The summed E-state index contributed by atoms with van der Waals surface area (Å²) >= 11 is 0. The van der Waals surface area contributed by atoms with Gasteiger partial charge in [-0.1, -0.05) is 18.2 Å². The van der Waals surface area contributed by atoms with E-state index in [4.69, 9.17) is 11.5 Å². The van der Waals surface area contributed by atoms with Crippen LogP contribution >= 0.6 is 0 Å². The Morgan fingerprint density at radius 1 is 1.50 bits per heavy atom. The fraction of sp³-hybridized carbons (Fsp3) is 0.167. The zero-order valence-corrected chi connectivity index (χ0v) is 9.13. The Balaban J connectivity index is 3.11. The summed E-state index contributed by atoms with van der Waals surface area (Å²) in [6.07, 6.45) is 3.84. The molecule has 84 valence electrons. The number of benzene rings is 1. The van der Waals surface area contributed by atoms with E-state index in [1.807, 2.05) is 18.2 Å². The lowest BCUT2D eigenvalue weighted by molar-refractivity contribution is -0.109. The van der Waals surface area contributed by atoms with E-state index >= 15 is 0 Å². The quantitative estimate of drug-likeness (QED) is 0.580. The molecule has 1 aromatic carbocycles. The second-order valence-corrected chi connectivity index (χ2v) is 3.30. The van der Waals surface area contributed by atoms with Gasteiger partial charge in [-0.25, -0.2) is 0 Å². The van der Waals surface area contributed by atoms with Gasteiger partial charge in [0.25, 0.3) is 0 Å². The van der Waals surface area contributed by atoms with Crippen molar-refractivity contribution in [2.75, 3.05) is 7.05 Å². The number of carbonyl (C=O) groups excluding carboxylic acids is 1. The summed E-state index contributed by atoms with van der Waals surface area (Å²) in [5.41, 5.74) is 13.6. The lowest BCUT2D eigenvalue weighted by atomic mass is 10.0. The molecular weight excluding hydrogens is 202 g/mol. The van der Waals surface area contributed by atoms with Crippen LogP contribution in [0.15, 0.2) is 35.5 Å². The molecule has 0 aliphatic carbocycles. The van der Waals surface area contributed by atoms with Gasteiger partial charge >= 0.3 is 0 Å². The minimum Gasteiger partial charge on any atom is -0.404 e. The third kappa shape index (κ3) is 2.77. The maximum Gasteiger partial charge on any atom is 0.141 e. The first-order valence-electron chi connectivity index (χ1n) is 4.88. The number of carbonyl (C=O) groups is 1. The van der Waals surface area contributed by atoms with E-state index in [-0.39, 0.29) is 0 Å². The van der Waals surface area contributed by atoms with Gasteiger partial charge in [-0.2, -0.15) is 0 Å². The van der Waals surface area contributed by atoms with Gasteiger partial charge in [0, 0.05) is 25.0 Å². The molecule has 0 saturated carbocycles. The first-order valence-corrected chi connectivity index (χ1v) is 4.88. The van der Waals surface area contributed by atoms with Crippen LogP contribution in [0, 0.1) is 0 Å². The normalized spacial score (nSPS) is 14.0. The molecule has 0 amide bonds. The van der Waals surface area contributed by atoms with Crippen LogP contribution in [0.4, 0.5) is 0 Å². The largest absolute Gasteiger partial charge is 0.404 e. The molecule has 0 aliphatic heterocycles. The second-order valence-electron chi connectivity index (χ2n) is 3.30. The maximum absolute atomic E-state index is 10.6. The lowest BCUT2D eigenvalue weighted by Gasteiger charge is -2.07. The predicted octanol–water partition coefficient (Wildman–Crippen LogP) is 0.886. The highest BCUT2D eigenvalue weighted by molar-refractivity contribution is 6.09. The van der Waals surface area contributed by atoms with Crippen LogP contribution in [0.25, 0.3) is 5.57 Å². The van der Waals surface area contributed by atoms with Gasteiger partial charge in [-0.05, 0) is 17.2 Å². The molecule has 0 heterocycles. The van der Waals surface area contributed by atoms with Gasteiger partial charge in [-0.15, -0.1) is 0 Å². The summed E-state index contributed by atoms with van der Waals surface area (Å²) in [6, 6.07) is 6.76. The fourth-order valence-electron chi connectivity index (χ4n) is 1.36. The van der Waals surface area contributed by atoms with Crippen LogP contribution in [0.3, 0.4) is 0 Å². The van der Waals surface area contributed by atoms with Crippen LogP contribution in [0.5, 0.6) is 0 Å². The van der Waals surface area contributed by atoms with Crippen molar-refractivity contribution in [3.05, 3.63) is 41.6 Å². The van der Waals surface area contributed by atoms with Gasteiger partial charge in [0.2, 0.25) is 0 Å². The molecule has 0 bridgehead atoms. The van der Waals surface area contributed by atoms with E-state index in [1.165, 1.54) is 6.20 Å². The zero-order valence-electron chi connectivity index (χ0n) is 9.13. The van der Waals surface area contributed by atoms with Gasteiger partial charge in [0.05, 0.1) is 6.04 Å². The van der Waals surface area contributed by atoms with E-state index in [9.17, 15) is 4.79 Å². The van der Waals surface area contributed by atoms with Crippen LogP contribution < -0.4 is 11.5 Å². The molecule has 16 heavy (non-hydrogen) atoms. The Morgan fingerprint density at radius 2 is 2.25 bits per heavy atom. The number of hydrogen-bond acceptors (Lipinski definition) is 4. The van der Waals surface area contributed by atoms with E-state index in [2.05, 4.69) is 4.99 Å². The third-order valence-corrected chi connectivity index (χ3v) is 2.20. The molecule has 1 rings (SSSR count). The summed E-state index contributed by atoms with van der Waals surface area (Å²) in [7, 11) is 1.67. The molecular formula is C12H15N3O. The monoisotopic (exact) mass is 217 g/mol. The Bertz CT molecular complexity index is 424. The van der Waals surface area contributed by atoms with Gasteiger partial charge in [0.1, 0.15) is 6.29 Å². The van der Waals surface area contributed by atoms with Crippen molar-refractivity contribution in [1.82, 2.24) is 0 Å². The van der Waals surface area contributed by atoms with Crippen LogP contribution in [-0.2, 0) is 4.79 Å². The lowest BCUT2D eigenvalue weighted by Crippen LogP contribution is -2.11. The fourth-order valence-corrected chi connectivity index (χ4v) is 1.36. The SMILES string of the molecule is CN=C/C(=C\N)c1cccc(C(N)C=O)c1. The summed E-state index contributed by atoms with van der Waals surface area (Å²) in [5.74, 6) is 0. The maximum atomic E-state index is 10.6. The summed E-state index contributed by atoms with van der Waals surface area (Å²) in [6.45, 7) is 0. The highest BCUT2D eigenvalue weighted by Crippen LogP contribution is 2.16. The van der Waals surface area contributed by atoms with Crippen molar-refractivity contribution in [1.29, 1.82) is 0 Å². The summed E-state index contributed by atoms with van der Waals surface area (Å²) < 4.78 is 0. The summed E-state index contributed by atoms with van der Waals surface area (Å²) in [4.78, 5) is 14.5. The predicted molar refractivity (Wildman–Crippen MR) is 66.0 cm³/mol. The number of nitrogens with two attached hydrogens (primary N) is 2. The van der Waals surface area contributed by atoms with E-state index in [0.717, 1.165) is 16.7 Å². The molecule has 0 saturated heterocycles. The number of aliphatic imine (C=N–C) groups is 1. The number of rotatable bonds is 4. The molecule has 0 radical (unpaired) electrons. The number of aldehydes is 1. The molecule has 0 fully saturated rings. The second kappa shape index (κ2) is 5.82. The number of hydrogen-bond donors (Lipinski definition) is 2. The third-order valence-electron chi connectivity index (χ3n) is 2.20. The van der Waals surface area contributed by atoms with Crippen molar-refractivity contribution in [3.63, 3.8) is 0 Å².